The zero-order valence-electron chi connectivity index (χ0n) is 6.73. The highest BCUT2D eigenvalue weighted by molar-refractivity contribution is 8.00. The van der Waals surface area contributed by atoms with E-state index in [0.717, 1.165) is 6.54 Å². The summed E-state index contributed by atoms with van der Waals surface area (Å²) in [6.45, 7) is 3.10. The third-order valence-corrected chi connectivity index (χ3v) is 3.81. The molecule has 1 aliphatic rings. The van der Waals surface area contributed by atoms with Crippen LogP contribution in [0.2, 0.25) is 0 Å². The third kappa shape index (κ3) is 1.67. The van der Waals surface area contributed by atoms with Crippen molar-refractivity contribution in [1.29, 1.82) is 0 Å². The van der Waals surface area contributed by atoms with Gasteiger partial charge in [0.1, 0.15) is 0 Å². The lowest BCUT2D eigenvalue weighted by molar-refractivity contribution is 0.619. The molecule has 0 bridgehead atoms. The van der Waals surface area contributed by atoms with Crippen molar-refractivity contribution in [2.75, 3.05) is 12.3 Å². The second-order valence-corrected chi connectivity index (χ2v) is 4.76. The van der Waals surface area contributed by atoms with Crippen LogP contribution in [-0.2, 0) is 0 Å². The van der Waals surface area contributed by atoms with E-state index in [4.69, 9.17) is 5.73 Å². The summed E-state index contributed by atoms with van der Waals surface area (Å²) in [5.74, 6) is 1.22. The van der Waals surface area contributed by atoms with Crippen LogP contribution in [0.3, 0.4) is 0 Å². The molecular formula is C8H17NS. The Hall–Kier alpha value is 0.310. The summed E-state index contributed by atoms with van der Waals surface area (Å²) in [5.41, 5.74) is 5.73. The van der Waals surface area contributed by atoms with Crippen molar-refractivity contribution in [3.05, 3.63) is 0 Å². The molecule has 60 valence electrons. The van der Waals surface area contributed by atoms with Gasteiger partial charge in [0, 0.05) is 11.3 Å². The van der Waals surface area contributed by atoms with Gasteiger partial charge in [0.05, 0.1) is 0 Å². The Kier molecular flexibility index (Phi) is 3.05. The Balaban J connectivity index is 2.41. The molecule has 0 aromatic heterocycles. The Morgan fingerprint density at radius 2 is 2.00 bits per heavy atom. The van der Waals surface area contributed by atoms with Gasteiger partial charge in [-0.1, -0.05) is 19.8 Å². The van der Waals surface area contributed by atoms with Crippen molar-refractivity contribution in [3.8, 4) is 0 Å². The Morgan fingerprint density at radius 3 is 2.40 bits per heavy atom. The third-order valence-electron chi connectivity index (χ3n) is 2.34. The van der Waals surface area contributed by atoms with Crippen LogP contribution in [0.4, 0.5) is 0 Å². The standard InChI is InChI=1S/C8H17NS/c1-2-10-8(7-9)5-3-4-6-8/h2-7,9H2,1H3. The molecule has 2 N–H and O–H groups in total. The summed E-state index contributed by atoms with van der Waals surface area (Å²) in [5, 5.41) is 0. The molecule has 0 saturated heterocycles. The predicted octanol–water partition coefficient (Wildman–Crippen LogP) is 2.01. The second-order valence-electron chi connectivity index (χ2n) is 3.03. The summed E-state index contributed by atoms with van der Waals surface area (Å²) in [6, 6.07) is 0. The average molecular weight is 159 g/mol. The van der Waals surface area contributed by atoms with Crippen LogP contribution in [0.1, 0.15) is 32.6 Å². The molecule has 0 amide bonds. The first-order valence-corrected chi connectivity index (χ1v) is 5.15. The predicted molar refractivity (Wildman–Crippen MR) is 48.4 cm³/mol. The summed E-state index contributed by atoms with van der Waals surface area (Å²) < 4.78 is 0.481. The van der Waals surface area contributed by atoms with Crippen molar-refractivity contribution in [1.82, 2.24) is 0 Å². The van der Waals surface area contributed by atoms with E-state index in [0.29, 0.717) is 4.75 Å². The minimum Gasteiger partial charge on any atom is -0.329 e. The lowest BCUT2D eigenvalue weighted by Crippen LogP contribution is -2.31. The number of hydrogen-bond acceptors (Lipinski definition) is 2. The van der Waals surface area contributed by atoms with Gasteiger partial charge in [0.2, 0.25) is 0 Å². The fourth-order valence-corrected chi connectivity index (χ4v) is 3.04. The molecule has 2 heteroatoms. The fraction of sp³-hybridized carbons (Fsp3) is 1.00. The molecule has 0 aliphatic heterocycles. The van der Waals surface area contributed by atoms with E-state index in [-0.39, 0.29) is 0 Å². The average Bonchev–Trinajstić information content (AvgIpc) is 2.39. The minimum absolute atomic E-state index is 0.481. The maximum absolute atomic E-state index is 5.73. The van der Waals surface area contributed by atoms with Crippen LogP contribution >= 0.6 is 11.8 Å². The molecule has 0 heterocycles. The smallest absolute Gasteiger partial charge is 0.0282 e. The monoisotopic (exact) mass is 159 g/mol. The molecule has 0 aromatic carbocycles. The van der Waals surface area contributed by atoms with E-state index >= 15 is 0 Å². The Bertz CT molecular complexity index is 97.4. The van der Waals surface area contributed by atoms with Crippen LogP contribution in [0, 0.1) is 0 Å². The molecule has 10 heavy (non-hydrogen) atoms. The van der Waals surface area contributed by atoms with Gasteiger partial charge in [-0.05, 0) is 18.6 Å². The van der Waals surface area contributed by atoms with Gasteiger partial charge in [-0.2, -0.15) is 11.8 Å². The fourth-order valence-electron chi connectivity index (χ4n) is 1.73. The van der Waals surface area contributed by atoms with Gasteiger partial charge in [0.25, 0.3) is 0 Å². The zero-order valence-corrected chi connectivity index (χ0v) is 7.54. The van der Waals surface area contributed by atoms with Crippen molar-refractivity contribution in [2.45, 2.75) is 37.4 Å². The largest absolute Gasteiger partial charge is 0.329 e. The van der Waals surface area contributed by atoms with Gasteiger partial charge in [-0.25, -0.2) is 0 Å². The summed E-state index contributed by atoms with van der Waals surface area (Å²) in [4.78, 5) is 0. The molecule has 0 aromatic rings. The summed E-state index contributed by atoms with van der Waals surface area (Å²) >= 11 is 2.06. The quantitative estimate of drug-likeness (QED) is 0.681. The molecule has 1 fully saturated rings. The molecular weight excluding hydrogens is 142 g/mol. The molecule has 0 unspecified atom stereocenters. The van der Waals surface area contributed by atoms with Crippen LogP contribution in [0.5, 0.6) is 0 Å². The number of rotatable bonds is 3. The second kappa shape index (κ2) is 3.63. The van der Waals surface area contributed by atoms with Crippen molar-refractivity contribution >= 4 is 11.8 Å². The molecule has 1 saturated carbocycles. The first-order valence-electron chi connectivity index (χ1n) is 4.17. The molecule has 1 rings (SSSR count). The van der Waals surface area contributed by atoms with Crippen molar-refractivity contribution in [3.63, 3.8) is 0 Å². The minimum atomic E-state index is 0.481. The van der Waals surface area contributed by atoms with Gasteiger partial charge in [-0.3, -0.25) is 0 Å². The van der Waals surface area contributed by atoms with Crippen LogP contribution in [0.15, 0.2) is 0 Å². The van der Waals surface area contributed by atoms with Crippen molar-refractivity contribution in [2.24, 2.45) is 5.73 Å². The van der Waals surface area contributed by atoms with E-state index in [1.807, 2.05) is 0 Å². The topological polar surface area (TPSA) is 26.0 Å². The number of nitrogens with two attached hydrogens (primary N) is 1. The lowest BCUT2D eigenvalue weighted by atomic mass is 10.1. The highest BCUT2D eigenvalue weighted by Gasteiger charge is 2.31. The highest BCUT2D eigenvalue weighted by Crippen LogP contribution is 2.40. The summed E-state index contributed by atoms with van der Waals surface area (Å²) in [6.07, 6.45) is 5.48. The van der Waals surface area contributed by atoms with E-state index in [1.165, 1.54) is 31.4 Å². The highest BCUT2D eigenvalue weighted by atomic mass is 32.2. The molecule has 0 atom stereocenters. The normalized spacial score (nSPS) is 23.4. The van der Waals surface area contributed by atoms with Crippen LogP contribution < -0.4 is 5.73 Å². The first kappa shape index (κ1) is 8.41. The maximum Gasteiger partial charge on any atom is 0.0282 e. The van der Waals surface area contributed by atoms with Gasteiger partial charge in [-0.15, -0.1) is 0 Å². The molecule has 0 spiro atoms. The Morgan fingerprint density at radius 1 is 1.40 bits per heavy atom. The van der Waals surface area contributed by atoms with Crippen LogP contribution in [0.25, 0.3) is 0 Å². The number of thioether (sulfide) groups is 1. The maximum atomic E-state index is 5.73. The summed E-state index contributed by atoms with van der Waals surface area (Å²) in [7, 11) is 0. The van der Waals surface area contributed by atoms with Crippen molar-refractivity contribution < 1.29 is 0 Å². The SMILES string of the molecule is CCSC1(CN)CCCC1. The molecule has 1 aliphatic carbocycles. The van der Waals surface area contributed by atoms with E-state index in [1.54, 1.807) is 0 Å². The van der Waals surface area contributed by atoms with E-state index in [2.05, 4.69) is 18.7 Å². The zero-order chi connectivity index (χ0) is 7.45. The van der Waals surface area contributed by atoms with Crippen LogP contribution in [-0.4, -0.2) is 17.0 Å². The lowest BCUT2D eigenvalue weighted by Gasteiger charge is -2.25. The van der Waals surface area contributed by atoms with Gasteiger partial charge in [0.15, 0.2) is 0 Å². The van der Waals surface area contributed by atoms with E-state index < -0.39 is 0 Å². The van der Waals surface area contributed by atoms with E-state index in [9.17, 15) is 0 Å². The number of hydrogen-bond donors (Lipinski definition) is 1. The molecule has 1 nitrogen and oxygen atoms in total. The first-order chi connectivity index (χ1) is 4.83. The van der Waals surface area contributed by atoms with Gasteiger partial charge >= 0.3 is 0 Å². The molecule has 0 radical (unpaired) electrons. The van der Waals surface area contributed by atoms with Gasteiger partial charge < -0.3 is 5.73 Å². The Labute approximate surface area is 67.8 Å².